The quantitative estimate of drug-likeness (QED) is 0.726. The van der Waals surface area contributed by atoms with E-state index in [9.17, 15) is 8.78 Å². The van der Waals surface area contributed by atoms with Crippen molar-refractivity contribution in [1.29, 1.82) is 0 Å². The maximum Gasteiger partial charge on any atom is 0.387 e. The molecule has 0 aliphatic carbocycles. The van der Waals surface area contributed by atoms with Crippen LogP contribution in [-0.2, 0) is 0 Å². The first-order chi connectivity index (χ1) is 6.59. The molecule has 0 aliphatic rings. The van der Waals surface area contributed by atoms with Crippen LogP contribution in [0.25, 0.3) is 0 Å². The lowest BCUT2D eigenvalue weighted by Gasteiger charge is -2.06. The average Bonchev–Trinajstić information content (AvgIpc) is 2.14. The largest absolute Gasteiger partial charge is 0.433 e. The molecular weight excluding hydrogens is 210 g/mol. The van der Waals surface area contributed by atoms with Gasteiger partial charge >= 0.3 is 6.61 Å². The van der Waals surface area contributed by atoms with Gasteiger partial charge in [-0.2, -0.15) is 8.78 Å². The van der Waals surface area contributed by atoms with Gasteiger partial charge in [0.05, 0.1) is 5.02 Å². The molecule has 0 fully saturated rings. The van der Waals surface area contributed by atoms with E-state index < -0.39 is 6.61 Å². The summed E-state index contributed by atoms with van der Waals surface area (Å²) in [6, 6.07) is 4.71. The van der Waals surface area contributed by atoms with Crippen molar-refractivity contribution in [3.05, 3.63) is 28.8 Å². The third-order valence-corrected chi connectivity index (χ3v) is 1.62. The van der Waals surface area contributed by atoms with Crippen molar-refractivity contribution in [3.63, 3.8) is 0 Å². The van der Waals surface area contributed by atoms with Crippen molar-refractivity contribution in [3.8, 4) is 5.75 Å². The molecule has 0 bridgehead atoms. The third kappa shape index (κ3) is 4.42. The first-order valence-electron chi connectivity index (χ1n) is 4.30. The average molecular weight is 223 g/mol. The summed E-state index contributed by atoms with van der Waals surface area (Å²) in [5, 5.41) is 0.195. The van der Waals surface area contributed by atoms with E-state index in [1.165, 1.54) is 12.1 Å². The van der Waals surface area contributed by atoms with Gasteiger partial charge in [0, 0.05) is 0 Å². The van der Waals surface area contributed by atoms with Crippen LogP contribution in [0.3, 0.4) is 0 Å². The highest BCUT2D eigenvalue weighted by Crippen LogP contribution is 2.26. The van der Waals surface area contributed by atoms with Crippen molar-refractivity contribution >= 4 is 11.6 Å². The summed E-state index contributed by atoms with van der Waals surface area (Å²) >= 11 is 5.58. The third-order valence-electron chi connectivity index (χ3n) is 1.30. The van der Waals surface area contributed by atoms with Gasteiger partial charge in [0.1, 0.15) is 5.75 Å². The minimum atomic E-state index is -2.83. The minimum Gasteiger partial charge on any atom is -0.433 e. The predicted molar refractivity (Wildman–Crippen MR) is 54.2 cm³/mol. The van der Waals surface area contributed by atoms with Crippen molar-refractivity contribution in [1.82, 2.24) is 0 Å². The molecule has 0 N–H and O–H groups in total. The molecule has 0 saturated heterocycles. The molecule has 0 aliphatic heterocycles. The number of ether oxygens (including phenoxy) is 1. The van der Waals surface area contributed by atoms with Gasteiger partial charge in [-0.3, -0.25) is 0 Å². The molecule has 1 nitrogen and oxygen atoms in total. The van der Waals surface area contributed by atoms with Crippen LogP contribution in [0.5, 0.6) is 5.75 Å². The maximum atomic E-state index is 11.8. The summed E-state index contributed by atoms with van der Waals surface area (Å²) in [6.45, 7) is 2.94. The second-order valence-corrected chi connectivity index (χ2v) is 2.72. The van der Waals surface area contributed by atoms with Gasteiger partial charge in [0.2, 0.25) is 0 Å². The molecule has 1 rings (SSSR count). The van der Waals surface area contributed by atoms with E-state index in [2.05, 4.69) is 4.74 Å². The molecular formula is C10H13ClF2O. The molecule has 4 heteroatoms. The Morgan fingerprint density at radius 3 is 2.36 bits per heavy atom. The molecule has 1 aromatic rings. The smallest absolute Gasteiger partial charge is 0.387 e. The van der Waals surface area contributed by atoms with Gasteiger partial charge in [-0.1, -0.05) is 31.5 Å². The highest BCUT2D eigenvalue weighted by Gasteiger charge is 2.07. The topological polar surface area (TPSA) is 9.23 Å². The van der Waals surface area contributed by atoms with E-state index in [-0.39, 0.29) is 10.8 Å². The molecule has 1 aromatic carbocycles. The molecule has 0 amide bonds. The normalized spacial score (nSPS) is 9.36. The Balaban J connectivity index is 0.000000791. The number of halogens is 3. The molecule has 0 unspecified atom stereocenters. The van der Waals surface area contributed by atoms with Crippen molar-refractivity contribution in [2.75, 3.05) is 0 Å². The summed E-state index contributed by atoms with van der Waals surface area (Å²) in [6.07, 6.45) is 0. The van der Waals surface area contributed by atoms with E-state index in [1.807, 2.05) is 13.8 Å². The van der Waals surface area contributed by atoms with Gasteiger partial charge < -0.3 is 4.74 Å². The molecule has 14 heavy (non-hydrogen) atoms. The van der Waals surface area contributed by atoms with E-state index >= 15 is 0 Å². The van der Waals surface area contributed by atoms with Crippen LogP contribution in [0.4, 0.5) is 8.78 Å². The molecule has 0 heterocycles. The number of benzene rings is 1. The monoisotopic (exact) mass is 222 g/mol. The number of hydrogen-bond donors (Lipinski definition) is 0. The Hall–Kier alpha value is -0.830. The highest BCUT2D eigenvalue weighted by atomic mass is 35.5. The zero-order chi connectivity index (χ0) is 11.1. The lowest BCUT2D eigenvalue weighted by atomic mass is 10.2. The second kappa shape index (κ2) is 6.60. The number of hydrogen-bond acceptors (Lipinski definition) is 1. The van der Waals surface area contributed by atoms with Crippen LogP contribution >= 0.6 is 11.6 Å². The minimum absolute atomic E-state index is 0.0201. The fourth-order valence-corrected chi connectivity index (χ4v) is 0.959. The molecule has 80 valence electrons. The van der Waals surface area contributed by atoms with Crippen LogP contribution in [0.1, 0.15) is 19.4 Å². The van der Waals surface area contributed by atoms with Crippen molar-refractivity contribution in [2.24, 2.45) is 0 Å². The summed E-state index contributed by atoms with van der Waals surface area (Å²) in [4.78, 5) is 0. The van der Waals surface area contributed by atoms with Gasteiger partial charge in [0.25, 0.3) is 0 Å². The van der Waals surface area contributed by atoms with Gasteiger partial charge in [0.15, 0.2) is 0 Å². The molecule has 0 aromatic heterocycles. The molecule has 0 radical (unpaired) electrons. The Morgan fingerprint density at radius 1 is 1.29 bits per heavy atom. The summed E-state index contributed by atoms with van der Waals surface area (Å²) in [7, 11) is 0. The standard InChI is InChI=1S/C8H7ClF2O.C2H6/c1-5-2-3-6(9)7(4-5)12-8(10)11;1-2/h2-4,8H,1H3;1-2H3. The van der Waals surface area contributed by atoms with Gasteiger partial charge in [-0.05, 0) is 24.6 Å². The fraction of sp³-hybridized carbons (Fsp3) is 0.400. The van der Waals surface area contributed by atoms with E-state index in [4.69, 9.17) is 11.6 Å². The van der Waals surface area contributed by atoms with Crippen LogP contribution in [0.15, 0.2) is 18.2 Å². The SMILES string of the molecule is CC.Cc1ccc(Cl)c(OC(F)F)c1. The summed E-state index contributed by atoms with van der Waals surface area (Å²) in [5.41, 5.74) is 0.829. The van der Waals surface area contributed by atoms with Crippen molar-refractivity contribution < 1.29 is 13.5 Å². The molecule has 0 saturated carbocycles. The number of rotatable bonds is 2. The zero-order valence-corrected chi connectivity index (χ0v) is 9.11. The lowest BCUT2D eigenvalue weighted by molar-refractivity contribution is -0.0498. The molecule has 0 spiro atoms. The zero-order valence-electron chi connectivity index (χ0n) is 8.35. The lowest BCUT2D eigenvalue weighted by Crippen LogP contribution is -2.02. The fourth-order valence-electron chi connectivity index (χ4n) is 0.797. The van der Waals surface area contributed by atoms with E-state index in [1.54, 1.807) is 13.0 Å². The van der Waals surface area contributed by atoms with Crippen LogP contribution < -0.4 is 4.74 Å². The first kappa shape index (κ1) is 13.2. The van der Waals surface area contributed by atoms with Gasteiger partial charge in [-0.15, -0.1) is 0 Å². The summed E-state index contributed by atoms with van der Waals surface area (Å²) in [5.74, 6) is 0.0201. The second-order valence-electron chi connectivity index (χ2n) is 2.31. The number of alkyl halides is 2. The Bertz CT molecular complexity index is 277. The van der Waals surface area contributed by atoms with Crippen LogP contribution in [0, 0.1) is 6.92 Å². The maximum absolute atomic E-state index is 11.8. The first-order valence-corrected chi connectivity index (χ1v) is 4.68. The van der Waals surface area contributed by atoms with Crippen molar-refractivity contribution in [2.45, 2.75) is 27.4 Å². The Kier molecular flexibility index (Phi) is 6.21. The highest BCUT2D eigenvalue weighted by molar-refractivity contribution is 6.32. The van der Waals surface area contributed by atoms with E-state index in [0.29, 0.717) is 0 Å². The summed E-state index contributed by atoms with van der Waals surface area (Å²) < 4.78 is 27.7. The number of aryl methyl sites for hydroxylation is 1. The van der Waals surface area contributed by atoms with Crippen LogP contribution in [0.2, 0.25) is 5.02 Å². The molecule has 0 atom stereocenters. The van der Waals surface area contributed by atoms with E-state index in [0.717, 1.165) is 5.56 Å². The van der Waals surface area contributed by atoms with Crippen LogP contribution in [-0.4, -0.2) is 6.61 Å². The Labute approximate surface area is 87.6 Å². The Morgan fingerprint density at radius 2 is 1.86 bits per heavy atom. The van der Waals surface area contributed by atoms with Gasteiger partial charge in [-0.25, -0.2) is 0 Å². The predicted octanol–water partition coefficient (Wildman–Crippen LogP) is 4.28.